The van der Waals surface area contributed by atoms with Crippen LogP contribution in [0, 0.1) is 5.92 Å². The van der Waals surface area contributed by atoms with Gasteiger partial charge < -0.3 is 16.0 Å². The van der Waals surface area contributed by atoms with Gasteiger partial charge in [0.05, 0.1) is 5.75 Å². The molecule has 0 atom stereocenters. The van der Waals surface area contributed by atoms with Crippen molar-refractivity contribution in [3.63, 3.8) is 0 Å². The van der Waals surface area contributed by atoms with Gasteiger partial charge in [0.2, 0.25) is 11.8 Å². The molecule has 0 bridgehead atoms. The molecule has 0 unspecified atom stereocenters. The first-order valence-corrected chi connectivity index (χ1v) is 8.01. The number of nitrogens with one attached hydrogen (secondary N) is 3. The van der Waals surface area contributed by atoms with E-state index in [1.807, 2.05) is 13.8 Å². The van der Waals surface area contributed by atoms with E-state index in [4.69, 9.17) is 0 Å². The molecule has 0 aromatic heterocycles. The molecule has 1 heterocycles. The SMILES string of the molecule is CC(C)C(=O)NCCNC(=O)CSC1CCNCC1. The molecule has 19 heavy (non-hydrogen) atoms. The molecule has 0 spiro atoms. The van der Waals surface area contributed by atoms with Crippen LogP contribution in [0.3, 0.4) is 0 Å². The number of rotatable bonds is 7. The van der Waals surface area contributed by atoms with Crippen LogP contribution in [-0.2, 0) is 9.59 Å². The average molecular weight is 287 g/mol. The Morgan fingerprint density at radius 2 is 1.84 bits per heavy atom. The lowest BCUT2D eigenvalue weighted by Crippen LogP contribution is -2.37. The summed E-state index contributed by atoms with van der Waals surface area (Å²) in [6, 6.07) is 0. The van der Waals surface area contributed by atoms with E-state index < -0.39 is 0 Å². The number of thioether (sulfide) groups is 1. The van der Waals surface area contributed by atoms with Gasteiger partial charge in [0.15, 0.2) is 0 Å². The van der Waals surface area contributed by atoms with E-state index in [2.05, 4.69) is 16.0 Å². The average Bonchev–Trinajstić information content (AvgIpc) is 2.42. The third-order valence-corrected chi connectivity index (χ3v) is 4.38. The molecule has 1 aliphatic rings. The normalized spacial score (nSPS) is 16.4. The number of carbonyl (C=O) groups excluding carboxylic acids is 2. The molecular weight excluding hydrogens is 262 g/mol. The maximum atomic E-state index is 11.6. The molecule has 0 saturated carbocycles. The van der Waals surface area contributed by atoms with Crippen LogP contribution in [0.2, 0.25) is 0 Å². The Kier molecular flexibility index (Phi) is 7.90. The highest BCUT2D eigenvalue weighted by molar-refractivity contribution is 8.00. The van der Waals surface area contributed by atoms with Crippen LogP contribution < -0.4 is 16.0 Å². The molecule has 1 fully saturated rings. The van der Waals surface area contributed by atoms with Crippen molar-refractivity contribution >= 4 is 23.6 Å². The molecule has 5 nitrogen and oxygen atoms in total. The van der Waals surface area contributed by atoms with Crippen molar-refractivity contribution in [3.8, 4) is 0 Å². The Morgan fingerprint density at radius 1 is 1.21 bits per heavy atom. The molecule has 0 aromatic carbocycles. The van der Waals surface area contributed by atoms with Crippen LogP contribution in [0.1, 0.15) is 26.7 Å². The molecule has 110 valence electrons. The molecule has 3 N–H and O–H groups in total. The molecular formula is C13H25N3O2S. The number of amides is 2. The third-order valence-electron chi connectivity index (χ3n) is 3.01. The molecule has 2 amide bonds. The lowest BCUT2D eigenvalue weighted by Gasteiger charge is -2.21. The summed E-state index contributed by atoms with van der Waals surface area (Å²) in [7, 11) is 0. The molecule has 6 heteroatoms. The Labute approximate surface area is 119 Å². The Morgan fingerprint density at radius 3 is 2.47 bits per heavy atom. The summed E-state index contributed by atoms with van der Waals surface area (Å²) in [4.78, 5) is 22.9. The topological polar surface area (TPSA) is 70.2 Å². The van der Waals surface area contributed by atoms with Gasteiger partial charge in [-0.25, -0.2) is 0 Å². The van der Waals surface area contributed by atoms with E-state index in [1.165, 1.54) is 0 Å². The lowest BCUT2D eigenvalue weighted by molar-refractivity contribution is -0.124. The van der Waals surface area contributed by atoms with E-state index >= 15 is 0 Å². The van der Waals surface area contributed by atoms with E-state index in [-0.39, 0.29) is 17.7 Å². The molecule has 0 aliphatic carbocycles. The number of hydrogen-bond acceptors (Lipinski definition) is 4. The molecule has 1 rings (SSSR count). The highest BCUT2D eigenvalue weighted by Crippen LogP contribution is 2.19. The highest BCUT2D eigenvalue weighted by atomic mass is 32.2. The second-order valence-electron chi connectivity index (χ2n) is 5.06. The van der Waals surface area contributed by atoms with Crippen LogP contribution >= 0.6 is 11.8 Å². The second kappa shape index (κ2) is 9.20. The predicted molar refractivity (Wildman–Crippen MR) is 79.2 cm³/mol. The minimum absolute atomic E-state index is 0.00818. The van der Waals surface area contributed by atoms with Crippen molar-refractivity contribution in [3.05, 3.63) is 0 Å². The smallest absolute Gasteiger partial charge is 0.230 e. The number of hydrogen-bond donors (Lipinski definition) is 3. The summed E-state index contributed by atoms with van der Waals surface area (Å²) in [6.07, 6.45) is 2.28. The van der Waals surface area contributed by atoms with Crippen molar-refractivity contribution < 1.29 is 9.59 Å². The zero-order valence-electron chi connectivity index (χ0n) is 11.8. The lowest BCUT2D eigenvalue weighted by atomic mass is 10.2. The van der Waals surface area contributed by atoms with Gasteiger partial charge in [-0.3, -0.25) is 9.59 Å². The summed E-state index contributed by atoms with van der Waals surface area (Å²) < 4.78 is 0. The van der Waals surface area contributed by atoms with E-state index in [9.17, 15) is 9.59 Å². The maximum absolute atomic E-state index is 11.6. The van der Waals surface area contributed by atoms with Crippen molar-refractivity contribution in [1.82, 2.24) is 16.0 Å². The summed E-state index contributed by atoms with van der Waals surface area (Å²) in [6.45, 7) is 6.82. The third kappa shape index (κ3) is 7.42. The zero-order chi connectivity index (χ0) is 14.1. The molecule has 1 aliphatic heterocycles. The summed E-state index contributed by atoms with van der Waals surface area (Å²) >= 11 is 1.74. The first kappa shape index (κ1) is 16.3. The minimum atomic E-state index is -0.00818. The maximum Gasteiger partial charge on any atom is 0.230 e. The standard InChI is InChI=1S/C13H25N3O2S/c1-10(2)13(18)16-8-7-15-12(17)9-19-11-3-5-14-6-4-11/h10-11,14H,3-9H2,1-2H3,(H,15,17)(H,16,18). The quantitative estimate of drug-likeness (QED) is 0.591. The van der Waals surface area contributed by atoms with Crippen molar-refractivity contribution in [2.24, 2.45) is 5.92 Å². The molecule has 0 radical (unpaired) electrons. The highest BCUT2D eigenvalue weighted by Gasteiger charge is 2.14. The van der Waals surface area contributed by atoms with E-state index in [0.29, 0.717) is 24.1 Å². The van der Waals surface area contributed by atoms with Crippen LogP contribution in [0.15, 0.2) is 0 Å². The molecule has 0 aromatic rings. The van der Waals surface area contributed by atoms with E-state index in [0.717, 1.165) is 25.9 Å². The van der Waals surface area contributed by atoms with Gasteiger partial charge in [-0.05, 0) is 25.9 Å². The van der Waals surface area contributed by atoms with Crippen LogP contribution in [0.4, 0.5) is 0 Å². The monoisotopic (exact) mass is 287 g/mol. The Balaban J connectivity index is 2.00. The zero-order valence-corrected chi connectivity index (χ0v) is 12.6. The van der Waals surface area contributed by atoms with Crippen LogP contribution in [0.25, 0.3) is 0 Å². The van der Waals surface area contributed by atoms with Gasteiger partial charge in [0.25, 0.3) is 0 Å². The van der Waals surface area contributed by atoms with Crippen molar-refractivity contribution in [1.29, 1.82) is 0 Å². The van der Waals surface area contributed by atoms with Gasteiger partial charge in [0, 0.05) is 24.3 Å². The first-order valence-electron chi connectivity index (χ1n) is 6.96. The first-order chi connectivity index (χ1) is 9.09. The predicted octanol–water partition coefficient (Wildman–Crippen LogP) is 0.360. The minimum Gasteiger partial charge on any atom is -0.354 e. The fourth-order valence-corrected chi connectivity index (χ4v) is 2.86. The van der Waals surface area contributed by atoms with Crippen molar-refractivity contribution in [2.75, 3.05) is 31.9 Å². The van der Waals surface area contributed by atoms with Crippen molar-refractivity contribution in [2.45, 2.75) is 31.9 Å². The fourth-order valence-electron chi connectivity index (χ4n) is 1.80. The van der Waals surface area contributed by atoms with Crippen LogP contribution in [0.5, 0.6) is 0 Å². The fraction of sp³-hybridized carbons (Fsp3) is 0.846. The van der Waals surface area contributed by atoms with Gasteiger partial charge in [-0.1, -0.05) is 13.8 Å². The van der Waals surface area contributed by atoms with Gasteiger partial charge in [-0.2, -0.15) is 0 Å². The number of piperidine rings is 1. The summed E-state index contributed by atoms with van der Waals surface area (Å²) in [5.41, 5.74) is 0. The Bertz CT molecular complexity index is 292. The summed E-state index contributed by atoms with van der Waals surface area (Å²) in [5, 5.41) is 9.51. The second-order valence-corrected chi connectivity index (χ2v) is 6.34. The van der Waals surface area contributed by atoms with Gasteiger partial charge >= 0.3 is 0 Å². The van der Waals surface area contributed by atoms with E-state index in [1.54, 1.807) is 11.8 Å². The Hall–Kier alpha value is -0.750. The van der Waals surface area contributed by atoms with Crippen LogP contribution in [-0.4, -0.2) is 49.0 Å². The largest absolute Gasteiger partial charge is 0.354 e. The summed E-state index contributed by atoms with van der Waals surface area (Å²) in [5.74, 6) is 0.592. The van der Waals surface area contributed by atoms with Gasteiger partial charge in [-0.15, -0.1) is 11.8 Å². The van der Waals surface area contributed by atoms with Gasteiger partial charge in [0.1, 0.15) is 0 Å². The number of carbonyl (C=O) groups is 2. The molecule has 1 saturated heterocycles.